The summed E-state index contributed by atoms with van der Waals surface area (Å²) in [6.07, 6.45) is -1.44. The fourth-order valence-electron chi connectivity index (χ4n) is 2.53. The molecular weight excluding hydrogens is 246 g/mol. The number of aliphatic hydroxyl groups is 1. The summed E-state index contributed by atoms with van der Waals surface area (Å²) in [5.74, 6) is -0.656. The van der Waals surface area contributed by atoms with Gasteiger partial charge in [-0.3, -0.25) is 0 Å². The fraction of sp³-hybridized carbons (Fsp3) is 0.900. The fourth-order valence-corrected chi connectivity index (χ4v) is 2.79. The van der Waals surface area contributed by atoms with E-state index in [0.29, 0.717) is 0 Å². The highest BCUT2D eigenvalue weighted by Gasteiger charge is 2.58. The van der Waals surface area contributed by atoms with E-state index in [1.165, 1.54) is 0 Å². The van der Waals surface area contributed by atoms with Gasteiger partial charge >= 0.3 is 0 Å². The molecule has 17 heavy (non-hydrogen) atoms. The van der Waals surface area contributed by atoms with Crippen LogP contribution >= 0.6 is 12.2 Å². The van der Waals surface area contributed by atoms with Crippen LogP contribution in [0.15, 0.2) is 0 Å². The van der Waals surface area contributed by atoms with Crippen LogP contribution in [0.2, 0.25) is 0 Å². The Bertz CT molecular complexity index is 350. The Morgan fingerprint density at radius 2 is 2.12 bits per heavy atom. The molecule has 0 unspecified atom stereocenters. The molecule has 0 aromatic heterocycles. The number of rotatable bonds is 1. The first-order chi connectivity index (χ1) is 8.00. The summed E-state index contributed by atoms with van der Waals surface area (Å²) in [4.78, 5) is 0. The van der Waals surface area contributed by atoms with Gasteiger partial charge in [0.15, 0.2) is 18.2 Å². The van der Waals surface area contributed by atoms with E-state index in [4.69, 9.17) is 31.2 Å². The van der Waals surface area contributed by atoms with Gasteiger partial charge in [0.1, 0.15) is 12.2 Å². The van der Waals surface area contributed by atoms with Gasteiger partial charge in [-0.05, 0) is 26.1 Å². The lowest BCUT2D eigenvalue weighted by Crippen LogP contribution is -2.58. The van der Waals surface area contributed by atoms with Gasteiger partial charge in [0.2, 0.25) is 0 Å². The third-order valence-corrected chi connectivity index (χ3v) is 3.39. The zero-order valence-electron chi connectivity index (χ0n) is 9.58. The van der Waals surface area contributed by atoms with Gasteiger partial charge in [0, 0.05) is 0 Å². The maximum atomic E-state index is 9.25. The monoisotopic (exact) mass is 261 g/mol. The van der Waals surface area contributed by atoms with Crippen LogP contribution in [-0.2, 0) is 18.9 Å². The maximum Gasteiger partial charge on any atom is 0.257 e. The van der Waals surface area contributed by atoms with Crippen LogP contribution in [0.1, 0.15) is 13.8 Å². The van der Waals surface area contributed by atoms with Crippen LogP contribution < -0.4 is 5.32 Å². The average Bonchev–Trinajstić information content (AvgIpc) is 2.70. The SMILES string of the molecule is CC1(C)O[C@H]2O[C@H]3[C@H](NC(=S)O[C@@H]3CO)[C@H]2O1. The van der Waals surface area contributed by atoms with Crippen molar-refractivity contribution in [1.29, 1.82) is 0 Å². The van der Waals surface area contributed by atoms with Gasteiger partial charge in [0.25, 0.3) is 5.17 Å². The lowest BCUT2D eigenvalue weighted by Gasteiger charge is -2.35. The average molecular weight is 261 g/mol. The second-order valence-electron chi connectivity index (χ2n) is 4.87. The van der Waals surface area contributed by atoms with Crippen LogP contribution in [0.25, 0.3) is 0 Å². The zero-order chi connectivity index (χ0) is 12.2. The Hall–Kier alpha value is -0.470. The summed E-state index contributed by atoms with van der Waals surface area (Å²) in [6, 6.07) is -0.139. The minimum absolute atomic E-state index is 0.139. The van der Waals surface area contributed by atoms with Crippen molar-refractivity contribution in [3.8, 4) is 0 Å². The quantitative estimate of drug-likeness (QED) is 0.616. The van der Waals surface area contributed by atoms with E-state index in [-0.39, 0.29) is 30.0 Å². The normalized spacial score (nSPS) is 47.0. The van der Waals surface area contributed by atoms with Gasteiger partial charge in [-0.25, -0.2) is 0 Å². The van der Waals surface area contributed by atoms with Crippen LogP contribution in [-0.4, -0.2) is 53.3 Å². The van der Waals surface area contributed by atoms with Gasteiger partial charge < -0.3 is 29.4 Å². The van der Waals surface area contributed by atoms with Gasteiger partial charge in [-0.1, -0.05) is 0 Å². The molecule has 0 aliphatic carbocycles. The van der Waals surface area contributed by atoms with Crippen molar-refractivity contribution in [2.45, 2.75) is 50.3 Å². The van der Waals surface area contributed by atoms with Crippen molar-refractivity contribution in [2.75, 3.05) is 6.61 Å². The Morgan fingerprint density at radius 3 is 2.82 bits per heavy atom. The molecular formula is C10H15NO5S. The molecule has 0 aromatic rings. The minimum Gasteiger partial charge on any atom is -0.462 e. The first-order valence-electron chi connectivity index (χ1n) is 5.59. The van der Waals surface area contributed by atoms with Crippen molar-refractivity contribution in [3.63, 3.8) is 0 Å². The van der Waals surface area contributed by atoms with E-state index in [1.807, 2.05) is 13.8 Å². The molecule has 0 spiro atoms. The molecule has 0 aromatic carbocycles. The summed E-state index contributed by atoms with van der Waals surface area (Å²) in [5.41, 5.74) is 0. The largest absolute Gasteiger partial charge is 0.462 e. The molecule has 0 bridgehead atoms. The molecule has 3 rings (SSSR count). The molecule has 0 amide bonds. The summed E-state index contributed by atoms with van der Waals surface area (Å²) in [6.45, 7) is 3.53. The van der Waals surface area contributed by atoms with Crippen LogP contribution in [0.5, 0.6) is 0 Å². The lowest BCUT2D eigenvalue weighted by atomic mass is 10.0. The minimum atomic E-state index is -0.656. The van der Waals surface area contributed by atoms with E-state index in [1.54, 1.807) is 0 Å². The highest BCUT2D eigenvalue weighted by molar-refractivity contribution is 7.80. The van der Waals surface area contributed by atoms with Crippen molar-refractivity contribution in [3.05, 3.63) is 0 Å². The van der Waals surface area contributed by atoms with Crippen molar-refractivity contribution < 1.29 is 24.1 Å². The van der Waals surface area contributed by atoms with Gasteiger partial charge in [-0.15, -0.1) is 0 Å². The molecule has 5 atom stereocenters. The van der Waals surface area contributed by atoms with E-state index in [9.17, 15) is 5.11 Å². The molecule has 3 aliphatic rings. The van der Waals surface area contributed by atoms with Crippen molar-refractivity contribution >= 4 is 17.4 Å². The number of thiocarbonyl (C=S) groups is 1. The molecule has 96 valence electrons. The molecule has 3 saturated heterocycles. The second kappa shape index (κ2) is 3.76. The summed E-state index contributed by atoms with van der Waals surface area (Å²) in [5, 5.41) is 12.5. The number of nitrogens with one attached hydrogen (secondary N) is 1. The third-order valence-electron chi connectivity index (χ3n) is 3.18. The van der Waals surface area contributed by atoms with E-state index >= 15 is 0 Å². The predicted molar refractivity (Wildman–Crippen MR) is 60.2 cm³/mol. The summed E-state index contributed by atoms with van der Waals surface area (Å²) < 4.78 is 22.4. The Balaban J connectivity index is 1.81. The number of hydrogen-bond acceptors (Lipinski definition) is 6. The molecule has 0 saturated carbocycles. The maximum absolute atomic E-state index is 9.25. The highest BCUT2D eigenvalue weighted by atomic mass is 32.1. The number of ether oxygens (including phenoxy) is 4. The molecule has 0 radical (unpaired) electrons. The summed E-state index contributed by atoms with van der Waals surface area (Å²) in [7, 11) is 0. The van der Waals surface area contributed by atoms with Gasteiger partial charge in [0.05, 0.1) is 12.6 Å². The number of hydrogen-bond donors (Lipinski definition) is 2. The molecule has 6 nitrogen and oxygen atoms in total. The molecule has 7 heteroatoms. The Morgan fingerprint density at radius 1 is 1.35 bits per heavy atom. The first kappa shape index (κ1) is 11.6. The van der Waals surface area contributed by atoms with Gasteiger partial charge in [-0.2, -0.15) is 0 Å². The third kappa shape index (κ3) is 1.82. The smallest absolute Gasteiger partial charge is 0.257 e. The zero-order valence-corrected chi connectivity index (χ0v) is 10.4. The Kier molecular flexibility index (Phi) is 2.57. The molecule has 3 aliphatic heterocycles. The topological polar surface area (TPSA) is 69.2 Å². The molecule has 3 heterocycles. The van der Waals surface area contributed by atoms with E-state index in [2.05, 4.69) is 5.32 Å². The van der Waals surface area contributed by atoms with Crippen LogP contribution in [0, 0.1) is 0 Å². The molecule has 2 N–H and O–H groups in total. The standard InChI is InChI=1S/C10H15NO5S/c1-10(2)15-7-5-6(14-8(7)16-10)4(3-12)13-9(17)11-5/h4-8,12H,3H2,1-2H3,(H,11,17)/t4-,5+,6-,7-,8-/m1/s1. The Labute approximate surface area is 104 Å². The first-order valence-corrected chi connectivity index (χ1v) is 6.00. The van der Waals surface area contributed by atoms with Crippen molar-refractivity contribution in [1.82, 2.24) is 5.32 Å². The lowest BCUT2D eigenvalue weighted by molar-refractivity contribution is -0.220. The highest BCUT2D eigenvalue weighted by Crippen LogP contribution is 2.39. The van der Waals surface area contributed by atoms with Crippen LogP contribution in [0.4, 0.5) is 0 Å². The number of fused-ring (bicyclic) bond motifs is 3. The predicted octanol–water partition coefficient (Wildman–Crippen LogP) is -0.503. The van der Waals surface area contributed by atoms with Crippen molar-refractivity contribution in [2.24, 2.45) is 0 Å². The number of aliphatic hydroxyl groups excluding tert-OH is 1. The van der Waals surface area contributed by atoms with E-state index < -0.39 is 18.2 Å². The second-order valence-corrected chi connectivity index (χ2v) is 5.24. The van der Waals surface area contributed by atoms with Crippen LogP contribution in [0.3, 0.4) is 0 Å². The summed E-state index contributed by atoms with van der Waals surface area (Å²) >= 11 is 4.99. The van der Waals surface area contributed by atoms with E-state index in [0.717, 1.165) is 0 Å². The molecule has 3 fully saturated rings.